The maximum atomic E-state index is 12.2. The summed E-state index contributed by atoms with van der Waals surface area (Å²) in [6, 6.07) is 8.64. The molecular weight excluding hydrogens is 292 g/mol. The first-order valence-corrected chi connectivity index (χ1v) is 7.77. The lowest BCUT2D eigenvalue weighted by Crippen LogP contribution is -2.35. The van der Waals surface area contributed by atoms with Crippen molar-refractivity contribution in [2.24, 2.45) is 11.7 Å². The van der Waals surface area contributed by atoms with Crippen LogP contribution in [-0.2, 0) is 4.79 Å². The molecule has 5 heteroatoms. The number of amides is 1. The van der Waals surface area contributed by atoms with Crippen molar-refractivity contribution in [1.82, 2.24) is 4.90 Å². The summed E-state index contributed by atoms with van der Waals surface area (Å²) < 4.78 is 0. The largest absolute Gasteiger partial charge is 0.339 e. The molecule has 1 fully saturated rings. The minimum atomic E-state index is 0. The molecular formula is C15H23ClN2OS. The minimum Gasteiger partial charge on any atom is -0.339 e. The van der Waals surface area contributed by atoms with Crippen LogP contribution in [0.2, 0.25) is 0 Å². The molecule has 0 aliphatic carbocycles. The first-order chi connectivity index (χ1) is 9.10. The van der Waals surface area contributed by atoms with E-state index < -0.39 is 0 Å². The molecule has 3 nitrogen and oxygen atoms in total. The number of benzene rings is 1. The van der Waals surface area contributed by atoms with Gasteiger partial charge in [0.1, 0.15) is 0 Å². The van der Waals surface area contributed by atoms with Crippen molar-refractivity contribution >= 4 is 30.1 Å². The van der Waals surface area contributed by atoms with E-state index in [-0.39, 0.29) is 18.3 Å². The van der Waals surface area contributed by atoms with E-state index in [1.165, 1.54) is 5.56 Å². The Bertz CT molecular complexity index is 438. The van der Waals surface area contributed by atoms with Gasteiger partial charge in [-0.05, 0) is 44.9 Å². The van der Waals surface area contributed by atoms with Crippen LogP contribution >= 0.6 is 24.2 Å². The van der Waals surface area contributed by atoms with Crippen LogP contribution < -0.4 is 5.73 Å². The van der Waals surface area contributed by atoms with Crippen LogP contribution in [0.25, 0.3) is 0 Å². The second-order valence-corrected chi connectivity index (χ2v) is 6.38. The van der Waals surface area contributed by atoms with Crippen LogP contribution in [0.5, 0.6) is 0 Å². The lowest BCUT2D eigenvalue weighted by molar-refractivity contribution is -0.128. The second kappa shape index (κ2) is 7.91. The topological polar surface area (TPSA) is 46.3 Å². The highest BCUT2D eigenvalue weighted by Crippen LogP contribution is 2.25. The molecule has 1 saturated heterocycles. The smallest absolute Gasteiger partial charge is 0.233 e. The minimum absolute atomic E-state index is 0. The predicted octanol–water partition coefficient (Wildman–Crippen LogP) is 2.70. The van der Waals surface area contributed by atoms with Gasteiger partial charge in [-0.25, -0.2) is 0 Å². The van der Waals surface area contributed by atoms with Crippen LogP contribution in [0.4, 0.5) is 0 Å². The van der Waals surface area contributed by atoms with Gasteiger partial charge in [0.15, 0.2) is 0 Å². The monoisotopic (exact) mass is 314 g/mol. The van der Waals surface area contributed by atoms with Gasteiger partial charge in [0.05, 0.1) is 5.75 Å². The van der Waals surface area contributed by atoms with Crippen molar-refractivity contribution in [2.75, 3.05) is 18.8 Å². The van der Waals surface area contributed by atoms with Crippen molar-refractivity contribution in [3.63, 3.8) is 0 Å². The molecule has 1 amide bonds. The number of aryl methyl sites for hydroxylation is 1. The van der Waals surface area contributed by atoms with E-state index in [4.69, 9.17) is 5.73 Å². The highest BCUT2D eigenvalue weighted by molar-refractivity contribution is 8.00. The number of nitrogens with two attached hydrogens (primary N) is 1. The molecule has 1 heterocycles. The summed E-state index contributed by atoms with van der Waals surface area (Å²) in [5, 5.41) is 0. The molecule has 0 saturated carbocycles. The summed E-state index contributed by atoms with van der Waals surface area (Å²) in [5.74, 6) is 1.22. The Morgan fingerprint density at radius 2 is 2.05 bits per heavy atom. The zero-order chi connectivity index (χ0) is 13.8. The quantitative estimate of drug-likeness (QED) is 0.869. The molecule has 112 valence electrons. The molecule has 20 heavy (non-hydrogen) atoms. The van der Waals surface area contributed by atoms with Gasteiger partial charge in [0.2, 0.25) is 5.91 Å². The van der Waals surface area contributed by atoms with Gasteiger partial charge in [-0.1, -0.05) is 17.7 Å². The summed E-state index contributed by atoms with van der Waals surface area (Å²) in [4.78, 5) is 15.4. The fourth-order valence-corrected chi connectivity index (χ4v) is 3.31. The molecule has 1 aliphatic rings. The van der Waals surface area contributed by atoms with E-state index in [2.05, 4.69) is 38.1 Å². The predicted molar refractivity (Wildman–Crippen MR) is 87.5 cm³/mol. The molecule has 0 spiro atoms. The molecule has 0 aromatic heterocycles. The number of carbonyl (C=O) groups is 1. The summed E-state index contributed by atoms with van der Waals surface area (Å²) in [6.45, 7) is 5.69. The SMILES string of the molecule is Cc1ccc(SCC(=O)N2CC(CN)CC2C)cc1.Cl. The number of hydrogen-bond donors (Lipinski definition) is 1. The van der Waals surface area contributed by atoms with Gasteiger partial charge >= 0.3 is 0 Å². The van der Waals surface area contributed by atoms with Crippen LogP contribution in [0.15, 0.2) is 29.2 Å². The standard InChI is InChI=1S/C15H22N2OS.ClH/c1-11-3-5-14(6-4-11)19-10-15(18)17-9-13(8-16)7-12(17)2;/h3-6,12-13H,7-10,16H2,1-2H3;1H. The fraction of sp³-hybridized carbons (Fsp3) is 0.533. The van der Waals surface area contributed by atoms with Gasteiger partial charge < -0.3 is 10.6 Å². The molecule has 0 radical (unpaired) electrons. The third kappa shape index (κ3) is 4.40. The third-order valence-electron chi connectivity index (χ3n) is 3.70. The van der Waals surface area contributed by atoms with Crippen molar-refractivity contribution in [3.05, 3.63) is 29.8 Å². The summed E-state index contributed by atoms with van der Waals surface area (Å²) in [5.41, 5.74) is 6.94. The molecule has 1 aromatic rings. The number of rotatable bonds is 4. The Morgan fingerprint density at radius 1 is 1.40 bits per heavy atom. The molecule has 1 aromatic carbocycles. The third-order valence-corrected chi connectivity index (χ3v) is 4.70. The average Bonchev–Trinajstić information content (AvgIpc) is 2.79. The Balaban J connectivity index is 0.00000200. The number of thioether (sulfide) groups is 1. The lowest BCUT2D eigenvalue weighted by atomic mass is 10.1. The zero-order valence-corrected chi connectivity index (χ0v) is 13.7. The van der Waals surface area contributed by atoms with Crippen molar-refractivity contribution in [2.45, 2.75) is 31.2 Å². The Hall–Kier alpha value is -0.710. The number of nitrogens with zero attached hydrogens (tertiary/aromatic N) is 1. The van der Waals surface area contributed by atoms with Gasteiger partial charge in [-0.2, -0.15) is 0 Å². The summed E-state index contributed by atoms with van der Waals surface area (Å²) in [7, 11) is 0. The average molecular weight is 315 g/mol. The van der Waals surface area contributed by atoms with Crippen LogP contribution in [0.3, 0.4) is 0 Å². The number of hydrogen-bond acceptors (Lipinski definition) is 3. The van der Waals surface area contributed by atoms with Crippen molar-refractivity contribution in [1.29, 1.82) is 0 Å². The fourth-order valence-electron chi connectivity index (χ4n) is 2.52. The van der Waals surface area contributed by atoms with E-state index >= 15 is 0 Å². The van der Waals surface area contributed by atoms with Crippen molar-refractivity contribution < 1.29 is 4.79 Å². The first-order valence-electron chi connectivity index (χ1n) is 6.79. The summed E-state index contributed by atoms with van der Waals surface area (Å²) >= 11 is 1.61. The number of likely N-dealkylation sites (tertiary alicyclic amines) is 1. The highest BCUT2D eigenvalue weighted by Gasteiger charge is 2.31. The maximum Gasteiger partial charge on any atom is 0.233 e. The number of carbonyl (C=O) groups excluding carboxylic acids is 1. The molecule has 2 unspecified atom stereocenters. The van der Waals surface area contributed by atoms with E-state index in [0.29, 0.717) is 24.3 Å². The molecule has 1 aliphatic heterocycles. The molecule has 2 atom stereocenters. The van der Waals surface area contributed by atoms with Gasteiger partial charge in [-0.3, -0.25) is 4.79 Å². The van der Waals surface area contributed by atoms with E-state index in [0.717, 1.165) is 17.9 Å². The maximum absolute atomic E-state index is 12.2. The number of halogens is 1. The highest BCUT2D eigenvalue weighted by atomic mass is 35.5. The Kier molecular flexibility index (Phi) is 6.86. The lowest BCUT2D eigenvalue weighted by Gasteiger charge is -2.21. The Labute approximate surface area is 131 Å². The molecule has 2 rings (SSSR count). The van der Waals surface area contributed by atoms with Crippen LogP contribution in [0.1, 0.15) is 18.9 Å². The molecule has 2 N–H and O–H groups in total. The second-order valence-electron chi connectivity index (χ2n) is 5.33. The zero-order valence-electron chi connectivity index (χ0n) is 12.0. The van der Waals surface area contributed by atoms with E-state index in [1.807, 2.05) is 4.90 Å². The normalized spacial score (nSPS) is 21.6. The van der Waals surface area contributed by atoms with Crippen LogP contribution in [-0.4, -0.2) is 35.7 Å². The van der Waals surface area contributed by atoms with E-state index in [1.54, 1.807) is 11.8 Å². The van der Waals surface area contributed by atoms with Gasteiger partial charge in [0.25, 0.3) is 0 Å². The molecule has 0 bridgehead atoms. The van der Waals surface area contributed by atoms with E-state index in [9.17, 15) is 4.79 Å². The van der Waals surface area contributed by atoms with Crippen molar-refractivity contribution in [3.8, 4) is 0 Å². The van der Waals surface area contributed by atoms with Crippen LogP contribution in [0, 0.1) is 12.8 Å². The first kappa shape index (κ1) is 17.3. The van der Waals surface area contributed by atoms with Gasteiger partial charge in [-0.15, -0.1) is 24.2 Å². The Morgan fingerprint density at radius 3 is 2.60 bits per heavy atom. The van der Waals surface area contributed by atoms with Gasteiger partial charge in [0, 0.05) is 17.5 Å². The summed E-state index contributed by atoms with van der Waals surface area (Å²) in [6.07, 6.45) is 1.04.